The van der Waals surface area contributed by atoms with E-state index in [9.17, 15) is 22.4 Å². The molecule has 0 bridgehead atoms. The van der Waals surface area contributed by atoms with Crippen molar-refractivity contribution >= 4 is 11.6 Å². The normalized spacial score (nSPS) is 11.9. The van der Waals surface area contributed by atoms with Gasteiger partial charge in [-0.1, -0.05) is 17.3 Å². The highest BCUT2D eigenvalue weighted by Crippen LogP contribution is 2.24. The molecule has 0 unspecified atom stereocenters. The number of nitrogens with zero attached hydrogens (tertiary/aromatic N) is 2. The fraction of sp³-hybridized carbons (Fsp3) is 0.333. The Labute approximate surface area is 175 Å². The van der Waals surface area contributed by atoms with Gasteiger partial charge in [-0.05, 0) is 44.5 Å². The maximum absolute atomic E-state index is 12.9. The smallest absolute Gasteiger partial charge is 0.330 e. The third-order valence-electron chi connectivity index (χ3n) is 4.59. The second-order valence-corrected chi connectivity index (χ2v) is 7.13. The number of alkyl halides is 4. The van der Waals surface area contributed by atoms with Gasteiger partial charge in [0.05, 0.1) is 12.2 Å². The average molecular weight is 439 g/mol. The number of aromatic nitrogens is 2. The van der Waals surface area contributed by atoms with E-state index in [4.69, 9.17) is 9.26 Å². The summed E-state index contributed by atoms with van der Waals surface area (Å²) in [5.74, 6) is -3.39. The molecule has 3 aromatic rings. The Bertz CT molecular complexity index is 1080. The van der Waals surface area contributed by atoms with Gasteiger partial charge in [0, 0.05) is 23.1 Å². The number of aryl methyl sites for hydroxylation is 2. The first-order valence-electron chi connectivity index (χ1n) is 9.35. The van der Waals surface area contributed by atoms with Crippen molar-refractivity contribution in [2.75, 3.05) is 11.9 Å². The fourth-order valence-corrected chi connectivity index (χ4v) is 3.11. The van der Waals surface area contributed by atoms with Crippen LogP contribution in [0.4, 0.5) is 23.2 Å². The van der Waals surface area contributed by atoms with Crippen LogP contribution in [-0.4, -0.2) is 34.6 Å². The monoisotopic (exact) mass is 439 g/mol. The van der Waals surface area contributed by atoms with Gasteiger partial charge in [0.25, 0.3) is 5.91 Å². The quantitative estimate of drug-likeness (QED) is 0.498. The summed E-state index contributed by atoms with van der Waals surface area (Å²) in [5.41, 5.74) is 2.74. The molecule has 166 valence electrons. The van der Waals surface area contributed by atoms with Crippen molar-refractivity contribution in [2.24, 2.45) is 0 Å². The minimum absolute atomic E-state index is 0.300. The number of nitrogens with one attached hydrogen (secondary N) is 1. The number of hydrogen-bond acceptors (Lipinski definition) is 4. The molecular weight excluding hydrogens is 418 g/mol. The molecule has 6 nitrogen and oxygen atoms in total. The van der Waals surface area contributed by atoms with E-state index in [0.717, 1.165) is 5.69 Å². The molecule has 10 heteroatoms. The van der Waals surface area contributed by atoms with Crippen LogP contribution >= 0.6 is 0 Å². The van der Waals surface area contributed by atoms with Crippen LogP contribution in [0.25, 0.3) is 5.82 Å². The first kappa shape index (κ1) is 22.5. The van der Waals surface area contributed by atoms with E-state index < -0.39 is 19.0 Å². The maximum atomic E-state index is 12.9. The van der Waals surface area contributed by atoms with Crippen LogP contribution in [0.15, 0.2) is 40.9 Å². The predicted molar refractivity (Wildman–Crippen MR) is 105 cm³/mol. The Hall–Kier alpha value is -3.14. The first-order valence-corrected chi connectivity index (χ1v) is 9.35. The highest BCUT2D eigenvalue weighted by molar-refractivity contribution is 6.05. The largest absolute Gasteiger partial charge is 0.370 e. The summed E-state index contributed by atoms with van der Waals surface area (Å²) in [6.45, 7) is 3.69. The summed E-state index contributed by atoms with van der Waals surface area (Å²) in [6.07, 6.45) is -3.79. The Balaban J connectivity index is 1.70. The molecule has 2 heterocycles. The fourth-order valence-electron chi connectivity index (χ4n) is 3.11. The van der Waals surface area contributed by atoms with E-state index in [1.165, 1.54) is 6.07 Å². The predicted octanol–water partition coefficient (Wildman–Crippen LogP) is 5.06. The molecule has 0 aliphatic carbocycles. The molecule has 1 aromatic carbocycles. The molecule has 3 rings (SSSR count). The van der Waals surface area contributed by atoms with E-state index >= 15 is 0 Å². The van der Waals surface area contributed by atoms with Gasteiger partial charge in [-0.3, -0.25) is 9.36 Å². The van der Waals surface area contributed by atoms with Gasteiger partial charge in [-0.15, -0.1) is 0 Å². The second-order valence-electron chi connectivity index (χ2n) is 7.13. The van der Waals surface area contributed by atoms with Gasteiger partial charge >= 0.3 is 12.3 Å². The highest BCUT2D eigenvalue weighted by atomic mass is 19.3. The number of rotatable bonds is 8. The van der Waals surface area contributed by atoms with Crippen molar-refractivity contribution in [3.8, 4) is 5.82 Å². The molecule has 0 atom stereocenters. The molecule has 1 N–H and O–H groups in total. The molecular formula is C21H21F4N3O3. The number of hydrogen-bond donors (Lipinski definition) is 1. The SMILES string of the molecule is Cc1cc(-n2c(C)cc(C(=O)Nc3cccc(COCC(F)(F)C(F)F)c3)c2C)no1. The molecule has 0 saturated heterocycles. The Morgan fingerprint density at radius 3 is 2.61 bits per heavy atom. The highest BCUT2D eigenvalue weighted by Gasteiger charge is 2.40. The van der Waals surface area contributed by atoms with Gasteiger partial charge in [0.1, 0.15) is 12.4 Å². The average Bonchev–Trinajstić information content (AvgIpc) is 3.24. The third kappa shape index (κ3) is 5.13. The van der Waals surface area contributed by atoms with Crippen LogP contribution in [0.5, 0.6) is 0 Å². The summed E-state index contributed by atoms with van der Waals surface area (Å²) < 4.78 is 61.9. The number of amides is 1. The molecule has 0 aliphatic rings. The van der Waals surface area contributed by atoms with Crippen molar-refractivity contribution < 1.29 is 31.6 Å². The minimum atomic E-state index is -4.21. The van der Waals surface area contributed by atoms with Crippen molar-refractivity contribution in [3.05, 3.63) is 64.7 Å². The van der Waals surface area contributed by atoms with Gasteiger partial charge < -0.3 is 14.6 Å². The molecule has 2 aromatic heterocycles. The number of anilines is 1. The molecule has 0 spiro atoms. The standard InChI is InChI=1S/C21H21F4N3O3/c1-12-7-17(14(3)28(12)18-8-13(2)31-27-18)19(29)26-16-6-4-5-15(9-16)10-30-11-21(24,25)20(22)23/h4-9,20H,10-11H2,1-3H3,(H,26,29). The van der Waals surface area contributed by atoms with Crippen LogP contribution in [0.3, 0.4) is 0 Å². The van der Waals surface area contributed by atoms with Crippen LogP contribution in [0.2, 0.25) is 0 Å². The van der Waals surface area contributed by atoms with Gasteiger partial charge in [-0.25, -0.2) is 8.78 Å². The molecule has 31 heavy (non-hydrogen) atoms. The number of carbonyl (C=O) groups excluding carboxylic acids is 1. The van der Waals surface area contributed by atoms with Crippen molar-refractivity contribution in [1.82, 2.24) is 9.72 Å². The lowest BCUT2D eigenvalue weighted by Crippen LogP contribution is -2.32. The van der Waals surface area contributed by atoms with Crippen LogP contribution in [0, 0.1) is 20.8 Å². The molecule has 0 fully saturated rings. The molecule has 1 amide bonds. The Morgan fingerprint density at radius 2 is 1.97 bits per heavy atom. The van der Waals surface area contributed by atoms with Crippen LogP contribution < -0.4 is 5.32 Å². The van der Waals surface area contributed by atoms with Crippen LogP contribution in [-0.2, 0) is 11.3 Å². The lowest BCUT2D eigenvalue weighted by atomic mass is 10.2. The summed E-state index contributed by atoms with van der Waals surface area (Å²) in [7, 11) is 0. The lowest BCUT2D eigenvalue weighted by molar-refractivity contribution is -0.168. The van der Waals surface area contributed by atoms with E-state index in [1.807, 2.05) is 6.92 Å². The molecule has 0 saturated carbocycles. The Morgan fingerprint density at radius 1 is 1.23 bits per heavy atom. The first-order chi connectivity index (χ1) is 14.6. The zero-order chi connectivity index (χ0) is 22.8. The lowest BCUT2D eigenvalue weighted by Gasteiger charge is -2.15. The van der Waals surface area contributed by atoms with E-state index in [1.54, 1.807) is 48.7 Å². The summed E-state index contributed by atoms with van der Waals surface area (Å²) in [4.78, 5) is 12.8. The summed E-state index contributed by atoms with van der Waals surface area (Å²) >= 11 is 0. The molecule has 0 aliphatic heterocycles. The van der Waals surface area contributed by atoms with Crippen molar-refractivity contribution in [3.63, 3.8) is 0 Å². The third-order valence-corrected chi connectivity index (χ3v) is 4.59. The number of carbonyl (C=O) groups is 1. The van der Waals surface area contributed by atoms with Gasteiger partial charge in [0.15, 0.2) is 5.82 Å². The van der Waals surface area contributed by atoms with Crippen molar-refractivity contribution in [2.45, 2.75) is 39.7 Å². The van der Waals surface area contributed by atoms with Gasteiger partial charge in [-0.2, -0.15) is 8.78 Å². The minimum Gasteiger partial charge on any atom is -0.370 e. The topological polar surface area (TPSA) is 69.3 Å². The zero-order valence-electron chi connectivity index (χ0n) is 17.1. The number of benzene rings is 1. The number of ether oxygens (including phenoxy) is 1. The van der Waals surface area contributed by atoms with E-state index in [0.29, 0.717) is 34.1 Å². The van der Waals surface area contributed by atoms with E-state index in [-0.39, 0.29) is 12.5 Å². The second kappa shape index (κ2) is 8.93. The molecule has 0 radical (unpaired) electrons. The summed E-state index contributed by atoms with van der Waals surface area (Å²) in [5, 5.41) is 6.72. The maximum Gasteiger partial charge on any atom is 0.330 e. The van der Waals surface area contributed by atoms with Crippen molar-refractivity contribution in [1.29, 1.82) is 0 Å². The van der Waals surface area contributed by atoms with Gasteiger partial charge in [0.2, 0.25) is 0 Å². The number of halogens is 4. The zero-order valence-corrected chi connectivity index (χ0v) is 17.1. The summed E-state index contributed by atoms with van der Waals surface area (Å²) in [6, 6.07) is 9.79. The van der Waals surface area contributed by atoms with Crippen LogP contribution in [0.1, 0.15) is 33.1 Å². The Kier molecular flexibility index (Phi) is 6.49. The van der Waals surface area contributed by atoms with E-state index in [2.05, 4.69) is 10.5 Å².